The molecule has 1 aliphatic rings. The van der Waals surface area contributed by atoms with E-state index >= 15 is 0 Å². The molecule has 0 aromatic heterocycles. The van der Waals surface area contributed by atoms with Crippen molar-refractivity contribution in [2.45, 2.75) is 61.3 Å². The summed E-state index contributed by atoms with van der Waals surface area (Å²) in [5, 5.41) is 67.0. The second-order valence-electron chi connectivity index (χ2n) is 25.1. The van der Waals surface area contributed by atoms with Crippen LogP contribution in [-0.2, 0) is 45.5 Å². The van der Waals surface area contributed by atoms with Crippen LogP contribution in [-0.4, -0.2) is 148 Å². The molecule has 2 radical (unpaired) electrons. The number of benzene rings is 10. The number of non-ortho nitro benzene ring substituents is 4. The zero-order chi connectivity index (χ0) is 94.3. The second-order valence-corrected chi connectivity index (χ2v) is 35.5. The van der Waals surface area contributed by atoms with Crippen molar-refractivity contribution >= 4 is 233 Å². The summed E-state index contributed by atoms with van der Waals surface area (Å²) in [5.41, 5.74) is 7.94. The maximum atomic E-state index is 12.7. The first-order valence-corrected chi connectivity index (χ1v) is 44.8. The van der Waals surface area contributed by atoms with Crippen LogP contribution >= 0.6 is 89.5 Å². The Morgan fingerprint density at radius 1 is 0.457 bits per heavy atom. The van der Waals surface area contributed by atoms with Gasteiger partial charge in [-0.3, -0.25) is 113 Å². The zero-order valence-corrected chi connectivity index (χ0v) is 80.3. The van der Waals surface area contributed by atoms with Crippen molar-refractivity contribution in [3.8, 4) is 0 Å². The van der Waals surface area contributed by atoms with E-state index < -0.39 is 91.7 Å². The van der Waals surface area contributed by atoms with Crippen LogP contribution in [0, 0.1) is 72.5 Å². The van der Waals surface area contributed by atoms with E-state index in [4.69, 9.17) is 74.5 Å². The Kier molecular flexibility index (Phi) is 50.7. The number of hydrogen-bond donors (Lipinski definition) is 4. The number of fused-ring (bicyclic) bond motifs is 1. The number of carbonyl (C=O) groups is 9. The Morgan fingerprint density at radius 2 is 0.780 bits per heavy atom. The molecular weight excluding hydrogens is 2090 g/mol. The number of ketones is 5. The fourth-order valence-electron chi connectivity index (χ4n) is 10.1. The Hall–Kier alpha value is -11.4. The van der Waals surface area contributed by atoms with E-state index in [-0.39, 0.29) is 140 Å². The molecule has 45 heteroatoms. The Labute approximate surface area is 788 Å². The van der Waals surface area contributed by atoms with Crippen molar-refractivity contribution in [3.63, 3.8) is 0 Å². The fourth-order valence-corrected chi connectivity index (χ4v) is 11.2. The minimum absolute atomic E-state index is 0. The molecule has 0 bridgehead atoms. The summed E-state index contributed by atoms with van der Waals surface area (Å²) >= 11 is 13.0. The number of amides is 1. The Morgan fingerprint density at radius 3 is 1.13 bits per heavy atom. The van der Waals surface area contributed by atoms with Crippen molar-refractivity contribution in [1.29, 1.82) is 0 Å². The van der Waals surface area contributed by atoms with Crippen molar-refractivity contribution in [2.75, 3.05) is 24.3 Å². The third-order valence-corrected chi connectivity index (χ3v) is 17.6. The molecule has 11 rings (SSSR count). The van der Waals surface area contributed by atoms with E-state index in [2.05, 4.69) is 53.1 Å². The molecule has 5 N–H and O–H groups in total. The van der Waals surface area contributed by atoms with Crippen LogP contribution in [0.1, 0.15) is 140 Å². The number of nitrogens with two attached hydrogens (primary N) is 1. The number of nitrogens with one attached hydrogen (secondary N) is 1. The van der Waals surface area contributed by atoms with Crippen LogP contribution in [0.5, 0.6) is 0 Å². The molecule has 1 aliphatic heterocycles. The molecule has 0 unspecified atom stereocenters. The standard InChI is InChI=1S/C20H18N2O9.C15H12N2O2.C13H7BrN2O5.C13H8BrNO3.C7H4ClNO3.C7H14O.C6H5Br.CH4.Al.3ClH.H2O4S.Sn.2H/c1-3-30-19(24)17(20(25)31-4-2)15-9-8-13(11-16(15)22(28)29)18(23)12-6-5-7-14(10-12)21(26)27;16-12-3-1-2-10(6-12)15(19)11-5-4-9-8-14(18)17-13(9)7-11;14-11-5-4-9(7-12(11)16(20)21)13(17)8-2-1-3-10(6-8)15(18)19;14-11-6-4-9(5-7-11)13(16)10-2-1-3-12(8-10)15(17)18;8-7(10)5-2-1-3-6(4-5)9(11)12;1-5(2)7(8)6(3)4;7-6-4-2-1-3-5-6;;;;;;1-5(2,3)4;;;/h5-11,17H,3-4H2,1-2H3;1-7H,8,16H2,(H,17,18);1-7H;1-8H;1-4H;5-6H,1-4H3;1-5H;1H4;;3*1H;(H2,1,2,3,4);;;/q;;;;;;;;+3;;;;;;;/p-3. The number of nitrogens with zero attached hydrogens (tertiary/aromatic N) is 6. The van der Waals surface area contributed by atoms with E-state index in [1.165, 1.54) is 105 Å². The number of Topliss-reactive ketones (excluding diaryl/α,β-unsaturated/α-hetero) is 1. The number of halogens is 7. The predicted octanol–water partition coefficient (Wildman–Crippen LogP) is 19.1. The number of esters is 2. The van der Waals surface area contributed by atoms with Crippen LogP contribution in [0.2, 0.25) is 0 Å². The molecule has 1 amide bonds. The third kappa shape index (κ3) is 40.4. The molecule has 10 aromatic rings. The summed E-state index contributed by atoms with van der Waals surface area (Å²) in [6, 6.07) is 57.1. The number of nitro benzene ring substituents is 6. The molecule has 0 saturated carbocycles. The molecule has 10 aromatic carbocycles. The summed E-state index contributed by atoms with van der Waals surface area (Å²) in [7, 11) is 10.2. The van der Waals surface area contributed by atoms with Crippen LogP contribution in [0.3, 0.4) is 0 Å². The van der Waals surface area contributed by atoms with Gasteiger partial charge in [-0.25, -0.2) is 30.1 Å². The van der Waals surface area contributed by atoms with E-state index in [9.17, 15) is 104 Å². The number of nitrogen functional groups attached to an aromatic ring is 1. The number of carbonyl (C=O) groups excluding carboxylic acids is 9. The van der Waals surface area contributed by atoms with E-state index in [1.54, 1.807) is 66.7 Å². The van der Waals surface area contributed by atoms with Gasteiger partial charge in [0.2, 0.25) is 5.91 Å². The molecule has 0 saturated heterocycles. The number of rotatable bonds is 22. The van der Waals surface area contributed by atoms with Gasteiger partial charge in [0.05, 0.1) is 59.2 Å². The molecule has 0 fully saturated rings. The Balaban J connectivity index is 0.000000755. The van der Waals surface area contributed by atoms with Crippen LogP contribution in [0.15, 0.2) is 244 Å². The average molecular weight is 2160 g/mol. The number of ether oxygens (including phenoxy) is 2. The van der Waals surface area contributed by atoms with Gasteiger partial charge in [-0.2, -0.15) is 8.42 Å². The predicted molar refractivity (Wildman–Crippen MR) is 492 cm³/mol. The van der Waals surface area contributed by atoms with E-state index in [1.807, 2.05) is 64.1 Å². The summed E-state index contributed by atoms with van der Waals surface area (Å²) in [6.45, 7) is 10.6. The molecule has 0 aliphatic carbocycles. The molecule has 127 heavy (non-hydrogen) atoms. The molecular formula is C82H76AlBr3Cl4N8O27SSn. The molecule has 0 spiro atoms. The topological polar surface area (TPSA) is 544 Å². The summed E-state index contributed by atoms with van der Waals surface area (Å²) in [4.78, 5) is 168. The zero-order valence-electron chi connectivity index (χ0n) is 66.5. The van der Waals surface area contributed by atoms with Crippen LogP contribution in [0.4, 0.5) is 45.5 Å². The van der Waals surface area contributed by atoms with E-state index in [0.717, 1.165) is 56.6 Å². The fraction of sp³-hybridized carbons (Fsp3) is 0.159. The van der Waals surface area contributed by atoms with Gasteiger partial charge in [-0.1, -0.05) is 158 Å². The molecule has 1 heterocycles. The van der Waals surface area contributed by atoms with Gasteiger partial charge in [-0.05, 0) is 126 Å². The minimum atomic E-state index is -4.67. The Bertz CT molecular complexity index is 5690. The molecule has 668 valence electrons. The first kappa shape index (κ1) is 114. The first-order chi connectivity index (χ1) is 58.6. The van der Waals surface area contributed by atoms with Gasteiger partial charge >= 0.3 is 57.6 Å². The van der Waals surface area contributed by atoms with Crippen molar-refractivity contribution in [2.24, 2.45) is 11.8 Å². The normalized spacial score (nSPS) is 10.3. The number of hydrogen-bond acceptors (Lipinski definition) is 26. The van der Waals surface area contributed by atoms with Gasteiger partial charge in [0, 0.05) is 143 Å². The summed E-state index contributed by atoms with van der Waals surface area (Å²) in [5.74, 6) is -4.59. The van der Waals surface area contributed by atoms with Gasteiger partial charge in [0.1, 0.15) is 5.78 Å². The third-order valence-electron chi connectivity index (χ3n) is 15.6. The number of anilines is 2. The van der Waals surface area contributed by atoms with Gasteiger partial charge < -0.3 is 20.5 Å². The molecule has 35 nitrogen and oxygen atoms in total. The van der Waals surface area contributed by atoms with Crippen molar-refractivity contribution < 1.29 is 99.7 Å². The monoisotopic (exact) mass is 2160 g/mol. The second kappa shape index (κ2) is 56.7. The summed E-state index contributed by atoms with van der Waals surface area (Å²) < 4.78 is 43.5. The van der Waals surface area contributed by atoms with Crippen LogP contribution in [0.25, 0.3) is 0 Å². The van der Waals surface area contributed by atoms with Crippen LogP contribution < -0.4 is 11.1 Å². The maximum absolute atomic E-state index is 12.7. The van der Waals surface area contributed by atoms with Gasteiger partial charge in [0.15, 0.2) is 29.1 Å². The van der Waals surface area contributed by atoms with Crippen molar-refractivity contribution in [1.82, 2.24) is 0 Å². The first-order valence-electron chi connectivity index (χ1n) is 35.4. The summed E-state index contributed by atoms with van der Waals surface area (Å²) in [6.07, 6.45) is 0.377. The van der Waals surface area contributed by atoms with Gasteiger partial charge in [0.25, 0.3) is 39.4 Å². The number of nitro groups is 6. The van der Waals surface area contributed by atoms with E-state index in [0.29, 0.717) is 40.1 Å². The quantitative estimate of drug-likeness (QED) is 0.00563. The van der Waals surface area contributed by atoms with Crippen molar-refractivity contribution in [3.05, 3.63) is 366 Å². The average Bonchev–Trinajstić information content (AvgIpc) is 1.33. The SMILES string of the molecule is Brc1ccccc1.C.CC(C)C(=O)C(C)C.CCOC(=O)C(C(=O)OCC)c1ccc(C(=O)c2cccc([N+](=O)[O-])c2)cc1[N+](=O)[O-].Nc1cccc(C(=O)c2ccc3c(c2)NC(=O)C3)c1.O=C(Cl)c1cccc([N+](=O)[O-])c1.O=C(c1ccc(Br)cc1)c1cccc([N+](=O)[O-])c1.O=C(c1cccc([N+](=O)[O-])c1)c1ccc(Br)c([N+](=O)[O-])c1.O=S(=O)(O)O.[Cl][Al]([Cl])[Cl].[SnH2]. The molecule has 0 atom stereocenters. The van der Waals surface area contributed by atoms with Gasteiger partial charge in [-0.15, -0.1) is 0 Å².